The first kappa shape index (κ1) is 21.8. The number of hydrogen-bond donors (Lipinski definition) is 0. The molecular formula is C26H25NO4. The molecule has 0 aliphatic carbocycles. The summed E-state index contributed by atoms with van der Waals surface area (Å²) in [6.07, 6.45) is 1.47. The molecular weight excluding hydrogens is 390 g/mol. The van der Waals surface area contributed by atoms with Gasteiger partial charge in [0, 0.05) is 29.6 Å². The average molecular weight is 415 g/mol. The highest BCUT2D eigenvalue weighted by Crippen LogP contribution is 2.35. The quantitative estimate of drug-likeness (QED) is 0.256. The van der Waals surface area contributed by atoms with Gasteiger partial charge < -0.3 is 14.4 Å². The number of anilines is 3. The van der Waals surface area contributed by atoms with E-state index in [-0.39, 0.29) is 12.6 Å². The first-order valence-electron chi connectivity index (χ1n) is 10.1. The summed E-state index contributed by atoms with van der Waals surface area (Å²) >= 11 is 0. The van der Waals surface area contributed by atoms with Crippen LogP contribution < -0.4 is 9.64 Å². The first-order valence-corrected chi connectivity index (χ1v) is 10.1. The lowest BCUT2D eigenvalue weighted by Crippen LogP contribution is -2.10. The summed E-state index contributed by atoms with van der Waals surface area (Å²) in [6, 6.07) is 23.4. The molecule has 0 bridgehead atoms. The number of esters is 2. The molecule has 0 unspecified atom stereocenters. The molecule has 0 aliphatic heterocycles. The minimum atomic E-state index is -0.450. The van der Waals surface area contributed by atoms with E-state index in [9.17, 15) is 9.59 Å². The third kappa shape index (κ3) is 5.82. The van der Waals surface area contributed by atoms with Crippen molar-refractivity contribution >= 4 is 29.0 Å². The predicted octanol–water partition coefficient (Wildman–Crippen LogP) is 6.01. The maximum atomic E-state index is 11.6. The van der Waals surface area contributed by atoms with Crippen molar-refractivity contribution in [1.82, 2.24) is 0 Å². The number of hydrogen-bond acceptors (Lipinski definition) is 5. The molecule has 0 radical (unpaired) electrons. The standard InChI is InChI=1S/C26H25NO4/c1-4-25(28)30-18-20-8-12-22(13-9-20)27(21-10-6-19(3)7-11-21)23-14-16-24(17-15-23)31-26(29)5-2/h4,6-17H,1,5,18H2,2-3H3. The summed E-state index contributed by atoms with van der Waals surface area (Å²) in [5.41, 5.74) is 4.91. The third-order valence-electron chi connectivity index (χ3n) is 4.65. The van der Waals surface area contributed by atoms with Crippen LogP contribution in [0.25, 0.3) is 0 Å². The molecule has 0 saturated carbocycles. The summed E-state index contributed by atoms with van der Waals surface area (Å²) in [7, 11) is 0. The highest BCUT2D eigenvalue weighted by Gasteiger charge is 2.13. The fraction of sp³-hybridized carbons (Fsp3) is 0.154. The van der Waals surface area contributed by atoms with Gasteiger partial charge in [0.25, 0.3) is 0 Å². The van der Waals surface area contributed by atoms with Gasteiger partial charge in [0.05, 0.1) is 0 Å². The van der Waals surface area contributed by atoms with Gasteiger partial charge in [0.2, 0.25) is 0 Å². The lowest BCUT2D eigenvalue weighted by Gasteiger charge is -2.26. The SMILES string of the molecule is C=CC(=O)OCc1ccc(N(c2ccc(C)cc2)c2ccc(OC(=O)CC)cc2)cc1. The van der Waals surface area contributed by atoms with Crippen LogP contribution in [0.5, 0.6) is 5.75 Å². The molecule has 5 heteroatoms. The molecule has 0 N–H and O–H groups in total. The lowest BCUT2D eigenvalue weighted by atomic mass is 10.1. The van der Waals surface area contributed by atoms with E-state index in [1.54, 1.807) is 19.1 Å². The number of rotatable bonds is 8. The lowest BCUT2D eigenvalue weighted by molar-refractivity contribution is -0.139. The van der Waals surface area contributed by atoms with Gasteiger partial charge in [-0.2, -0.15) is 0 Å². The highest BCUT2D eigenvalue weighted by molar-refractivity contribution is 5.81. The van der Waals surface area contributed by atoms with E-state index in [0.717, 1.165) is 28.7 Å². The van der Waals surface area contributed by atoms with E-state index in [4.69, 9.17) is 9.47 Å². The summed E-state index contributed by atoms with van der Waals surface area (Å²) in [5, 5.41) is 0. The van der Waals surface area contributed by atoms with Crippen molar-refractivity contribution in [2.45, 2.75) is 26.9 Å². The maximum Gasteiger partial charge on any atom is 0.330 e. The van der Waals surface area contributed by atoms with Crippen LogP contribution in [-0.2, 0) is 20.9 Å². The molecule has 5 nitrogen and oxygen atoms in total. The molecule has 0 spiro atoms. The molecule has 0 heterocycles. The molecule has 0 amide bonds. The van der Waals surface area contributed by atoms with Gasteiger partial charge in [0.1, 0.15) is 12.4 Å². The Bertz CT molecular complexity index is 1040. The second kappa shape index (κ2) is 10.3. The van der Waals surface area contributed by atoms with Crippen molar-refractivity contribution < 1.29 is 19.1 Å². The Morgan fingerprint density at radius 2 is 1.39 bits per heavy atom. The van der Waals surface area contributed by atoms with Crippen molar-refractivity contribution in [2.24, 2.45) is 0 Å². The molecule has 0 aliphatic rings. The molecule has 3 aromatic carbocycles. The first-order chi connectivity index (χ1) is 15.0. The Balaban J connectivity index is 1.90. The zero-order valence-corrected chi connectivity index (χ0v) is 17.7. The van der Waals surface area contributed by atoms with Gasteiger partial charge in [-0.25, -0.2) is 4.79 Å². The number of ether oxygens (including phenoxy) is 2. The summed E-state index contributed by atoms with van der Waals surface area (Å²) in [5.74, 6) is -0.205. The van der Waals surface area contributed by atoms with Crippen LogP contribution in [0, 0.1) is 6.92 Å². The topological polar surface area (TPSA) is 55.8 Å². The fourth-order valence-corrected chi connectivity index (χ4v) is 2.96. The smallest absolute Gasteiger partial charge is 0.330 e. The second-order valence-electron chi connectivity index (χ2n) is 6.97. The van der Waals surface area contributed by atoms with Gasteiger partial charge in [-0.1, -0.05) is 43.3 Å². The molecule has 0 fully saturated rings. The van der Waals surface area contributed by atoms with Crippen molar-refractivity contribution in [3.05, 3.63) is 96.6 Å². The average Bonchev–Trinajstić information content (AvgIpc) is 2.80. The van der Waals surface area contributed by atoms with Crippen molar-refractivity contribution in [2.75, 3.05) is 4.90 Å². The Morgan fingerprint density at radius 3 is 1.90 bits per heavy atom. The molecule has 0 aromatic heterocycles. The zero-order chi connectivity index (χ0) is 22.2. The zero-order valence-electron chi connectivity index (χ0n) is 17.7. The van der Waals surface area contributed by atoms with E-state index in [1.807, 2.05) is 43.3 Å². The van der Waals surface area contributed by atoms with Crippen molar-refractivity contribution in [3.63, 3.8) is 0 Å². The Kier molecular flexibility index (Phi) is 7.22. The highest BCUT2D eigenvalue weighted by atomic mass is 16.5. The second-order valence-corrected chi connectivity index (χ2v) is 6.97. The third-order valence-corrected chi connectivity index (χ3v) is 4.65. The van der Waals surface area contributed by atoms with Crippen LogP contribution >= 0.6 is 0 Å². The Morgan fingerprint density at radius 1 is 0.871 bits per heavy atom. The summed E-state index contributed by atoms with van der Waals surface area (Å²) < 4.78 is 10.4. The number of carbonyl (C=O) groups excluding carboxylic acids is 2. The van der Waals surface area contributed by atoms with E-state index in [1.165, 1.54) is 5.56 Å². The molecule has 0 saturated heterocycles. The van der Waals surface area contributed by atoms with Gasteiger partial charge in [-0.15, -0.1) is 0 Å². The Hall–Kier alpha value is -3.86. The predicted molar refractivity (Wildman–Crippen MR) is 122 cm³/mol. The minimum Gasteiger partial charge on any atom is -0.458 e. The van der Waals surface area contributed by atoms with E-state index in [0.29, 0.717) is 12.2 Å². The number of benzene rings is 3. The molecule has 158 valence electrons. The van der Waals surface area contributed by atoms with Gasteiger partial charge in [-0.05, 0) is 61.0 Å². The summed E-state index contributed by atoms with van der Waals surface area (Å²) in [4.78, 5) is 24.9. The van der Waals surface area contributed by atoms with E-state index >= 15 is 0 Å². The van der Waals surface area contributed by atoms with E-state index < -0.39 is 5.97 Å². The molecule has 3 aromatic rings. The normalized spacial score (nSPS) is 10.3. The van der Waals surface area contributed by atoms with Gasteiger partial charge >= 0.3 is 11.9 Å². The molecule has 3 rings (SSSR count). The van der Waals surface area contributed by atoms with Crippen molar-refractivity contribution in [1.29, 1.82) is 0 Å². The van der Waals surface area contributed by atoms with Crippen LogP contribution in [0.4, 0.5) is 17.1 Å². The maximum absolute atomic E-state index is 11.6. The van der Waals surface area contributed by atoms with Gasteiger partial charge in [0.15, 0.2) is 0 Å². The van der Waals surface area contributed by atoms with E-state index in [2.05, 4.69) is 35.7 Å². The number of aryl methyl sites for hydroxylation is 1. The van der Waals surface area contributed by atoms with Crippen LogP contribution in [0.1, 0.15) is 24.5 Å². The number of carbonyl (C=O) groups is 2. The van der Waals surface area contributed by atoms with Crippen LogP contribution in [0.2, 0.25) is 0 Å². The summed E-state index contributed by atoms with van der Waals surface area (Å²) in [6.45, 7) is 7.40. The van der Waals surface area contributed by atoms with Crippen molar-refractivity contribution in [3.8, 4) is 5.75 Å². The Labute approximate surface area is 182 Å². The van der Waals surface area contributed by atoms with Crippen LogP contribution in [-0.4, -0.2) is 11.9 Å². The molecule has 31 heavy (non-hydrogen) atoms. The minimum absolute atomic E-state index is 0.188. The fourth-order valence-electron chi connectivity index (χ4n) is 2.96. The molecule has 0 atom stereocenters. The monoisotopic (exact) mass is 415 g/mol. The van der Waals surface area contributed by atoms with Crippen LogP contribution in [0.3, 0.4) is 0 Å². The number of nitrogens with zero attached hydrogens (tertiary/aromatic N) is 1. The van der Waals surface area contributed by atoms with Crippen LogP contribution in [0.15, 0.2) is 85.5 Å². The largest absolute Gasteiger partial charge is 0.458 e. The van der Waals surface area contributed by atoms with Gasteiger partial charge in [-0.3, -0.25) is 4.79 Å².